The van der Waals surface area contributed by atoms with Crippen LogP contribution in [0.1, 0.15) is 62.3 Å². The molecule has 1 heterocycles. The second-order valence-electron chi connectivity index (χ2n) is 8.44. The molecule has 0 aromatic rings. The van der Waals surface area contributed by atoms with Crippen molar-refractivity contribution in [3.8, 4) is 0 Å². The molecule has 26 heavy (non-hydrogen) atoms. The molecule has 0 unspecified atom stereocenters. The van der Waals surface area contributed by atoms with Crippen molar-refractivity contribution in [2.45, 2.75) is 90.8 Å². The minimum Gasteiger partial charge on any atom is -0.451 e. The predicted molar refractivity (Wildman–Crippen MR) is 106 cm³/mol. The van der Waals surface area contributed by atoms with Gasteiger partial charge in [-0.05, 0) is 23.5 Å². The van der Waals surface area contributed by atoms with Gasteiger partial charge in [0.05, 0.1) is 12.9 Å². The van der Waals surface area contributed by atoms with Crippen molar-refractivity contribution < 1.29 is 26.5 Å². The van der Waals surface area contributed by atoms with Gasteiger partial charge < -0.3 is 13.9 Å². The van der Waals surface area contributed by atoms with Crippen LogP contribution in [0.15, 0.2) is 11.5 Å². The summed E-state index contributed by atoms with van der Waals surface area (Å²) in [6.07, 6.45) is 0.258. The second-order valence-corrected chi connectivity index (χ2v) is 15.5. The maximum atomic E-state index is 11.5. The number of hydrogen-bond donors (Lipinski definition) is 0. The molecular formula is C18H36O6SSi. The first-order valence-corrected chi connectivity index (χ1v) is 13.2. The molecule has 0 aromatic carbocycles. The highest BCUT2D eigenvalue weighted by Crippen LogP contribution is 2.43. The molecule has 0 aliphatic carbocycles. The third kappa shape index (κ3) is 5.47. The maximum absolute atomic E-state index is 11.5. The van der Waals surface area contributed by atoms with E-state index in [1.807, 2.05) is 0 Å². The summed E-state index contributed by atoms with van der Waals surface area (Å²) in [5.74, 6) is 0.0329. The summed E-state index contributed by atoms with van der Waals surface area (Å²) >= 11 is 0. The zero-order chi connectivity index (χ0) is 20.5. The van der Waals surface area contributed by atoms with Gasteiger partial charge in [0.1, 0.15) is 6.10 Å². The van der Waals surface area contributed by atoms with Gasteiger partial charge in [-0.15, -0.1) is 0 Å². The Morgan fingerprint density at radius 3 is 1.81 bits per heavy atom. The summed E-state index contributed by atoms with van der Waals surface area (Å²) in [5, 5.41) is 0. The van der Waals surface area contributed by atoms with E-state index in [1.165, 1.54) is 0 Å². The molecule has 0 fully saturated rings. The molecule has 1 rings (SSSR count). The Bertz CT molecular complexity index is 600. The molecule has 0 saturated carbocycles. The zero-order valence-electron chi connectivity index (χ0n) is 17.9. The summed E-state index contributed by atoms with van der Waals surface area (Å²) in [6.45, 7) is 18.8. The molecule has 1 aliphatic heterocycles. The van der Waals surface area contributed by atoms with Gasteiger partial charge in [0.2, 0.25) is 14.1 Å². The summed E-state index contributed by atoms with van der Waals surface area (Å²) < 4.78 is 46.4. The van der Waals surface area contributed by atoms with Crippen LogP contribution in [0.2, 0.25) is 16.6 Å². The lowest BCUT2D eigenvalue weighted by molar-refractivity contribution is -0.131. The fourth-order valence-electron chi connectivity index (χ4n) is 4.10. The largest absolute Gasteiger partial charge is 0.451 e. The summed E-state index contributed by atoms with van der Waals surface area (Å²) in [6, 6.07) is 0. The highest BCUT2D eigenvalue weighted by atomic mass is 32.2. The van der Waals surface area contributed by atoms with Crippen molar-refractivity contribution in [2.75, 3.05) is 12.9 Å². The molecule has 154 valence electrons. The van der Waals surface area contributed by atoms with Gasteiger partial charge in [-0.25, -0.2) is 0 Å². The molecule has 0 aromatic heterocycles. The maximum Gasteiger partial charge on any atom is 0.265 e. The van der Waals surface area contributed by atoms with Crippen LogP contribution in [0.4, 0.5) is 0 Å². The van der Waals surface area contributed by atoms with E-state index in [2.05, 4.69) is 41.5 Å². The molecule has 1 aliphatic rings. The van der Waals surface area contributed by atoms with Crippen LogP contribution < -0.4 is 0 Å². The van der Waals surface area contributed by atoms with E-state index in [-0.39, 0.29) is 6.61 Å². The van der Waals surface area contributed by atoms with Crippen molar-refractivity contribution >= 4 is 18.4 Å². The monoisotopic (exact) mass is 408 g/mol. The topological polar surface area (TPSA) is 71.1 Å². The van der Waals surface area contributed by atoms with Crippen LogP contribution in [-0.4, -0.2) is 41.5 Å². The molecule has 0 radical (unpaired) electrons. The third-order valence-electron chi connectivity index (χ3n) is 4.85. The standard InChI is InChI=1S/C18H36O6SSi/c1-12(2)26(13(3)4,14(5)6)21-11-16-17(23-18(8,9)22-16)15(7)24-25(10,19)20/h12-15H,11H2,1-10H3/t15-/m1/s1. The number of ether oxygens (including phenoxy) is 2. The summed E-state index contributed by atoms with van der Waals surface area (Å²) in [5.41, 5.74) is 1.31. The van der Waals surface area contributed by atoms with Gasteiger partial charge in [-0.3, -0.25) is 4.18 Å². The van der Waals surface area contributed by atoms with Gasteiger partial charge in [0.25, 0.3) is 10.1 Å². The number of rotatable bonds is 9. The molecule has 8 heteroatoms. The summed E-state index contributed by atoms with van der Waals surface area (Å²) in [4.78, 5) is 0. The van der Waals surface area contributed by atoms with E-state index < -0.39 is 30.3 Å². The minimum absolute atomic E-state index is 0.261. The quantitative estimate of drug-likeness (QED) is 0.412. The zero-order valence-corrected chi connectivity index (χ0v) is 19.7. The van der Waals surface area contributed by atoms with Crippen LogP contribution >= 0.6 is 0 Å². The molecule has 0 spiro atoms. The predicted octanol–water partition coefficient (Wildman–Crippen LogP) is 4.54. The van der Waals surface area contributed by atoms with Crippen molar-refractivity contribution in [2.24, 2.45) is 0 Å². The Kier molecular flexibility index (Phi) is 7.40. The van der Waals surface area contributed by atoms with Crippen molar-refractivity contribution in [3.05, 3.63) is 11.5 Å². The average Bonchev–Trinajstić information content (AvgIpc) is 2.71. The van der Waals surface area contributed by atoms with Crippen LogP contribution in [0.25, 0.3) is 0 Å². The van der Waals surface area contributed by atoms with Gasteiger partial charge in [-0.2, -0.15) is 8.42 Å². The van der Waals surface area contributed by atoms with Crippen LogP contribution in [0.5, 0.6) is 0 Å². The minimum atomic E-state index is -3.61. The first kappa shape index (κ1) is 23.5. The summed E-state index contributed by atoms with van der Waals surface area (Å²) in [7, 11) is -5.69. The Morgan fingerprint density at radius 1 is 0.962 bits per heavy atom. The van der Waals surface area contributed by atoms with Gasteiger partial charge >= 0.3 is 0 Å². The Morgan fingerprint density at radius 2 is 1.42 bits per heavy atom. The molecule has 0 amide bonds. The third-order valence-corrected chi connectivity index (χ3v) is 11.5. The van der Waals surface area contributed by atoms with E-state index in [0.717, 1.165) is 6.26 Å². The Labute approximate surface area is 160 Å². The van der Waals surface area contributed by atoms with Crippen LogP contribution in [0, 0.1) is 0 Å². The average molecular weight is 409 g/mol. The molecule has 0 N–H and O–H groups in total. The Hall–Kier alpha value is -0.573. The van der Waals surface area contributed by atoms with E-state index in [1.54, 1.807) is 20.8 Å². The second kappa shape index (κ2) is 8.20. The Balaban J connectivity index is 3.13. The highest BCUT2D eigenvalue weighted by Gasteiger charge is 2.46. The van der Waals surface area contributed by atoms with E-state index in [4.69, 9.17) is 18.1 Å². The van der Waals surface area contributed by atoms with Crippen molar-refractivity contribution in [1.82, 2.24) is 0 Å². The smallest absolute Gasteiger partial charge is 0.265 e. The van der Waals surface area contributed by atoms with Crippen molar-refractivity contribution in [3.63, 3.8) is 0 Å². The first-order chi connectivity index (χ1) is 11.6. The van der Waals surface area contributed by atoms with Gasteiger partial charge in [0.15, 0.2) is 11.5 Å². The molecule has 1 atom stereocenters. The van der Waals surface area contributed by atoms with Crippen LogP contribution in [0.3, 0.4) is 0 Å². The molecule has 6 nitrogen and oxygen atoms in total. The molecule has 0 saturated heterocycles. The lowest BCUT2D eigenvalue weighted by atomic mass is 10.3. The highest BCUT2D eigenvalue weighted by molar-refractivity contribution is 7.86. The van der Waals surface area contributed by atoms with Gasteiger partial charge in [-0.1, -0.05) is 41.5 Å². The van der Waals surface area contributed by atoms with E-state index in [9.17, 15) is 8.42 Å². The van der Waals surface area contributed by atoms with E-state index >= 15 is 0 Å². The van der Waals surface area contributed by atoms with Gasteiger partial charge in [0, 0.05) is 13.8 Å². The number of hydrogen-bond acceptors (Lipinski definition) is 6. The fourth-order valence-corrected chi connectivity index (χ4v) is 10.1. The molecule has 0 bridgehead atoms. The molecular weight excluding hydrogens is 372 g/mol. The van der Waals surface area contributed by atoms with Crippen molar-refractivity contribution in [1.29, 1.82) is 0 Å². The van der Waals surface area contributed by atoms with Crippen LogP contribution in [-0.2, 0) is 28.2 Å². The lowest BCUT2D eigenvalue weighted by Gasteiger charge is -2.42. The van der Waals surface area contributed by atoms with E-state index in [0.29, 0.717) is 28.1 Å². The normalized spacial score (nSPS) is 19.3. The lowest BCUT2D eigenvalue weighted by Crippen LogP contribution is -2.48. The first-order valence-electron chi connectivity index (χ1n) is 9.25. The SMILES string of the molecule is CC(C)[Si](OCC1=C([C@@H](C)OS(C)(=O)=O)OC(C)(C)O1)(C(C)C)C(C)C. The fraction of sp³-hybridized carbons (Fsp3) is 0.889.